The molecule has 0 atom stereocenters. The average Bonchev–Trinajstić information content (AvgIpc) is 3.16. The second-order valence-corrected chi connectivity index (χ2v) is 8.67. The third-order valence-electron chi connectivity index (χ3n) is 5.61. The minimum absolute atomic E-state index is 0. The number of guanidine groups is 1. The highest BCUT2D eigenvalue weighted by Gasteiger charge is 2.21. The van der Waals surface area contributed by atoms with E-state index in [1.165, 1.54) is 36.4 Å². The summed E-state index contributed by atoms with van der Waals surface area (Å²) in [5, 5.41) is 8.61. The van der Waals surface area contributed by atoms with Crippen LogP contribution < -0.4 is 10.6 Å². The summed E-state index contributed by atoms with van der Waals surface area (Å²) in [6, 6.07) is 2.14. The van der Waals surface area contributed by atoms with E-state index in [0.29, 0.717) is 12.5 Å². The molecule has 0 saturated carbocycles. The Bertz CT molecular complexity index is 642. The maximum Gasteiger partial charge on any atom is 0.242 e. The summed E-state index contributed by atoms with van der Waals surface area (Å²) in [6.45, 7) is 8.65. The van der Waals surface area contributed by atoms with Gasteiger partial charge in [-0.05, 0) is 68.2 Å². The molecule has 0 aliphatic carbocycles. The first-order chi connectivity index (χ1) is 13.2. The Morgan fingerprint density at radius 1 is 1.29 bits per heavy atom. The number of carbonyl (C=O) groups excluding carboxylic acids is 1. The molecule has 28 heavy (non-hydrogen) atoms. The Morgan fingerprint density at radius 2 is 2.07 bits per heavy atom. The number of likely N-dealkylation sites (tertiary alicyclic amines) is 1. The van der Waals surface area contributed by atoms with Crippen LogP contribution in [0.25, 0.3) is 0 Å². The molecule has 158 valence electrons. The summed E-state index contributed by atoms with van der Waals surface area (Å²) in [4.78, 5) is 22.6. The smallest absolute Gasteiger partial charge is 0.242 e. The number of rotatable bonds is 6. The molecule has 0 bridgehead atoms. The molecule has 2 aliphatic rings. The fraction of sp³-hybridized carbons (Fsp3) is 0.700. The van der Waals surface area contributed by atoms with Gasteiger partial charge in [-0.25, -0.2) is 0 Å². The van der Waals surface area contributed by atoms with Crippen LogP contribution in [0.1, 0.15) is 36.6 Å². The van der Waals surface area contributed by atoms with Gasteiger partial charge in [-0.3, -0.25) is 9.79 Å². The van der Waals surface area contributed by atoms with Gasteiger partial charge in [-0.1, -0.05) is 6.92 Å². The van der Waals surface area contributed by atoms with Crippen LogP contribution in [0.15, 0.2) is 16.4 Å². The third-order valence-corrected chi connectivity index (χ3v) is 6.63. The summed E-state index contributed by atoms with van der Waals surface area (Å²) in [7, 11) is 1.75. The number of nitrogens with zero attached hydrogens (tertiary/aromatic N) is 3. The number of hydrogen-bond acceptors (Lipinski definition) is 4. The molecule has 3 heterocycles. The predicted molar refractivity (Wildman–Crippen MR) is 128 cm³/mol. The lowest BCUT2D eigenvalue weighted by molar-refractivity contribution is -0.130. The maximum atomic E-state index is 12.5. The van der Waals surface area contributed by atoms with E-state index < -0.39 is 0 Å². The van der Waals surface area contributed by atoms with Gasteiger partial charge < -0.3 is 20.4 Å². The first-order valence-corrected chi connectivity index (χ1v) is 11.0. The highest BCUT2D eigenvalue weighted by atomic mass is 127. The molecular weight excluding hydrogens is 485 g/mol. The topological polar surface area (TPSA) is 60.0 Å². The van der Waals surface area contributed by atoms with Crippen LogP contribution in [0.4, 0.5) is 0 Å². The number of hydrogen-bond donors (Lipinski definition) is 2. The maximum absolute atomic E-state index is 12.5. The van der Waals surface area contributed by atoms with Gasteiger partial charge in [0.15, 0.2) is 5.96 Å². The van der Waals surface area contributed by atoms with E-state index in [1.807, 2.05) is 4.90 Å². The number of piperidine rings is 1. The van der Waals surface area contributed by atoms with Crippen LogP contribution in [-0.4, -0.2) is 68.0 Å². The fourth-order valence-corrected chi connectivity index (χ4v) is 4.64. The van der Waals surface area contributed by atoms with Crippen molar-refractivity contribution < 1.29 is 4.79 Å². The van der Waals surface area contributed by atoms with Crippen molar-refractivity contribution in [2.24, 2.45) is 10.9 Å². The molecule has 0 spiro atoms. The molecule has 0 radical (unpaired) electrons. The van der Waals surface area contributed by atoms with Crippen molar-refractivity contribution >= 4 is 47.2 Å². The standard InChI is InChI=1S/C20H33N5OS.HI/c1-16-4-10-24(11-5-16)9-3-8-22-20(21-2)23-14-19(26)25-12-6-18-17(15-25)7-13-27-18;/h7,13,16H,3-6,8-12,14-15H2,1-2H3,(H2,21,22,23);1H. The van der Waals surface area contributed by atoms with Gasteiger partial charge in [0, 0.05) is 31.6 Å². The van der Waals surface area contributed by atoms with Gasteiger partial charge in [0.05, 0.1) is 6.54 Å². The molecular formula is C20H34IN5OS. The summed E-state index contributed by atoms with van der Waals surface area (Å²) in [5.41, 5.74) is 1.30. The number of aliphatic imine (C=N–C) groups is 1. The second-order valence-electron chi connectivity index (χ2n) is 7.66. The molecule has 6 nitrogen and oxygen atoms in total. The van der Waals surface area contributed by atoms with Crippen molar-refractivity contribution in [3.05, 3.63) is 21.9 Å². The lowest BCUT2D eigenvalue weighted by Gasteiger charge is -2.30. The zero-order valence-corrected chi connectivity index (χ0v) is 20.2. The molecule has 3 rings (SSSR count). The molecule has 0 aromatic carbocycles. The monoisotopic (exact) mass is 519 g/mol. The zero-order valence-electron chi connectivity index (χ0n) is 17.1. The first kappa shape index (κ1) is 23.4. The van der Waals surface area contributed by atoms with E-state index in [4.69, 9.17) is 0 Å². The quantitative estimate of drug-likeness (QED) is 0.263. The summed E-state index contributed by atoms with van der Waals surface area (Å²) < 4.78 is 0. The average molecular weight is 519 g/mol. The summed E-state index contributed by atoms with van der Waals surface area (Å²) >= 11 is 1.80. The van der Waals surface area contributed by atoms with Crippen LogP contribution in [0.2, 0.25) is 0 Å². The van der Waals surface area contributed by atoms with E-state index in [0.717, 1.165) is 44.9 Å². The van der Waals surface area contributed by atoms with Crippen molar-refractivity contribution in [1.82, 2.24) is 20.4 Å². The van der Waals surface area contributed by atoms with E-state index in [2.05, 4.69) is 38.9 Å². The number of fused-ring (bicyclic) bond motifs is 1. The first-order valence-electron chi connectivity index (χ1n) is 10.2. The number of carbonyl (C=O) groups is 1. The summed E-state index contributed by atoms with van der Waals surface area (Å²) in [6.07, 6.45) is 4.71. The molecule has 0 unspecified atom stereocenters. The fourth-order valence-electron chi connectivity index (χ4n) is 3.75. The van der Waals surface area contributed by atoms with Gasteiger partial charge in [-0.15, -0.1) is 35.3 Å². The van der Waals surface area contributed by atoms with Gasteiger partial charge in [0.1, 0.15) is 0 Å². The van der Waals surface area contributed by atoms with Crippen molar-refractivity contribution in [3.63, 3.8) is 0 Å². The Labute approximate surface area is 190 Å². The third kappa shape index (κ3) is 6.88. The SMILES string of the molecule is CN=C(NCCCN1CCC(C)CC1)NCC(=O)N1CCc2sccc2C1.I. The van der Waals surface area contributed by atoms with Crippen molar-refractivity contribution in [1.29, 1.82) is 0 Å². The molecule has 1 aromatic rings. The number of amides is 1. The molecule has 2 aliphatic heterocycles. The number of halogens is 1. The van der Waals surface area contributed by atoms with Gasteiger partial charge in [0.2, 0.25) is 5.91 Å². The normalized spacial score (nSPS) is 18.4. The Hall–Kier alpha value is -0.870. The van der Waals surface area contributed by atoms with Crippen LogP contribution in [-0.2, 0) is 17.8 Å². The van der Waals surface area contributed by atoms with Crippen molar-refractivity contribution in [3.8, 4) is 0 Å². The largest absolute Gasteiger partial charge is 0.356 e. The Kier molecular flexibility index (Phi) is 10.0. The van der Waals surface area contributed by atoms with Crippen molar-refractivity contribution in [2.45, 2.75) is 39.2 Å². The van der Waals surface area contributed by atoms with Crippen LogP contribution in [0, 0.1) is 5.92 Å². The molecule has 2 N–H and O–H groups in total. The molecule has 1 amide bonds. The Morgan fingerprint density at radius 3 is 2.82 bits per heavy atom. The Balaban J connectivity index is 0.00000280. The second kappa shape index (κ2) is 12.0. The van der Waals surface area contributed by atoms with E-state index in [9.17, 15) is 4.79 Å². The summed E-state index contributed by atoms with van der Waals surface area (Å²) in [5.74, 6) is 1.73. The molecule has 8 heteroatoms. The van der Waals surface area contributed by atoms with Crippen molar-refractivity contribution in [2.75, 3.05) is 46.3 Å². The molecule has 1 saturated heterocycles. The van der Waals surface area contributed by atoms with Gasteiger partial charge in [-0.2, -0.15) is 0 Å². The van der Waals surface area contributed by atoms with Crippen LogP contribution in [0.5, 0.6) is 0 Å². The minimum atomic E-state index is 0. The lowest BCUT2D eigenvalue weighted by Crippen LogP contribution is -2.46. The van der Waals surface area contributed by atoms with E-state index in [1.54, 1.807) is 18.4 Å². The van der Waals surface area contributed by atoms with Crippen LogP contribution >= 0.6 is 35.3 Å². The predicted octanol–water partition coefficient (Wildman–Crippen LogP) is 2.54. The highest BCUT2D eigenvalue weighted by Crippen LogP contribution is 2.23. The van der Waals surface area contributed by atoms with E-state index in [-0.39, 0.29) is 29.9 Å². The van der Waals surface area contributed by atoms with E-state index >= 15 is 0 Å². The van der Waals surface area contributed by atoms with Crippen LogP contribution in [0.3, 0.4) is 0 Å². The zero-order chi connectivity index (χ0) is 19.1. The van der Waals surface area contributed by atoms with Gasteiger partial charge in [0.25, 0.3) is 0 Å². The minimum Gasteiger partial charge on any atom is -0.356 e. The lowest BCUT2D eigenvalue weighted by atomic mass is 9.99. The van der Waals surface area contributed by atoms with Gasteiger partial charge >= 0.3 is 0 Å². The number of nitrogens with one attached hydrogen (secondary N) is 2. The molecule has 1 fully saturated rings. The highest BCUT2D eigenvalue weighted by molar-refractivity contribution is 14.0. The molecule has 1 aromatic heterocycles. The number of thiophene rings is 1.